The molecule has 3 aromatic rings. The maximum absolute atomic E-state index is 13.5. The summed E-state index contributed by atoms with van der Waals surface area (Å²) in [5, 5.41) is 3.97. The molecule has 2 unspecified atom stereocenters. The molecule has 0 bridgehead atoms. The zero-order chi connectivity index (χ0) is 24.7. The van der Waals surface area contributed by atoms with E-state index in [9.17, 15) is 18.0 Å². The summed E-state index contributed by atoms with van der Waals surface area (Å²) in [6, 6.07) is 5.83. The van der Waals surface area contributed by atoms with E-state index in [2.05, 4.69) is 10.3 Å². The van der Waals surface area contributed by atoms with Crippen LogP contribution in [-0.4, -0.2) is 53.8 Å². The van der Waals surface area contributed by atoms with Crippen LogP contribution in [-0.2, 0) is 22.5 Å². The van der Waals surface area contributed by atoms with Gasteiger partial charge in [0.25, 0.3) is 0 Å². The van der Waals surface area contributed by atoms with Gasteiger partial charge in [-0.25, -0.2) is 0 Å². The number of amides is 1. The first kappa shape index (κ1) is 24.5. The topological polar surface area (TPSA) is 54.5 Å². The second-order valence-electron chi connectivity index (χ2n) is 9.05. The van der Waals surface area contributed by atoms with Crippen LogP contribution in [0.5, 0.6) is 0 Å². The third-order valence-corrected chi connectivity index (χ3v) is 8.02. The van der Waals surface area contributed by atoms with Gasteiger partial charge in [0.15, 0.2) is 0 Å². The van der Waals surface area contributed by atoms with Crippen LogP contribution in [0.1, 0.15) is 28.8 Å². The smallest absolute Gasteiger partial charge is 0.375 e. The fourth-order valence-electron chi connectivity index (χ4n) is 4.98. The Hall–Kier alpha value is -2.20. The normalized spacial score (nSPS) is 21.3. The highest BCUT2D eigenvalue weighted by atomic mass is 35.5. The quantitative estimate of drug-likeness (QED) is 0.479. The molecule has 186 valence electrons. The lowest BCUT2D eigenvalue weighted by Gasteiger charge is -2.26. The van der Waals surface area contributed by atoms with Crippen LogP contribution in [0.4, 0.5) is 13.2 Å². The summed E-state index contributed by atoms with van der Waals surface area (Å²) < 4.78 is 47.2. The Kier molecular flexibility index (Phi) is 6.78. The van der Waals surface area contributed by atoms with Crippen molar-refractivity contribution in [3.8, 4) is 11.1 Å². The molecule has 5 nitrogen and oxygen atoms in total. The number of benzene rings is 1. The number of hydrogen-bond donors (Lipinski definition) is 1. The molecule has 2 fully saturated rings. The Balaban J connectivity index is 1.52. The Morgan fingerprint density at radius 3 is 2.86 bits per heavy atom. The first-order chi connectivity index (χ1) is 16.7. The summed E-state index contributed by atoms with van der Waals surface area (Å²) in [5.41, 5.74) is 4.76. The van der Waals surface area contributed by atoms with Crippen LogP contribution in [0.3, 0.4) is 0 Å². The van der Waals surface area contributed by atoms with E-state index in [1.165, 1.54) is 11.3 Å². The van der Waals surface area contributed by atoms with Crippen LogP contribution >= 0.6 is 22.9 Å². The molecule has 2 atom stereocenters. The fraction of sp³-hybridized carbons (Fsp3) is 0.440. The first-order valence-corrected chi connectivity index (χ1v) is 12.8. The van der Waals surface area contributed by atoms with Gasteiger partial charge in [-0.15, -0.1) is 11.3 Å². The SMILES string of the molecule is Cc1cc(Cl)cc(-c2ccnc3cc(CN4C(=O)CCC4C(F)(F)F)sc23)c1CC1CNCCO1. The number of pyridine rings is 1. The van der Waals surface area contributed by atoms with Crippen LogP contribution < -0.4 is 5.32 Å². The van der Waals surface area contributed by atoms with Gasteiger partial charge in [0.05, 0.1) is 29.5 Å². The Labute approximate surface area is 210 Å². The maximum atomic E-state index is 13.5. The number of halogens is 4. The van der Waals surface area contributed by atoms with Crippen molar-refractivity contribution in [2.24, 2.45) is 0 Å². The molecule has 0 saturated carbocycles. The Morgan fingerprint density at radius 1 is 1.29 bits per heavy atom. The second-order valence-corrected chi connectivity index (χ2v) is 10.6. The summed E-state index contributed by atoms with van der Waals surface area (Å²) in [6.45, 7) is 4.21. The lowest BCUT2D eigenvalue weighted by Crippen LogP contribution is -2.42. The molecule has 4 heterocycles. The molecule has 0 spiro atoms. The van der Waals surface area contributed by atoms with Crippen LogP contribution in [0.15, 0.2) is 30.5 Å². The number of morpholine rings is 1. The number of likely N-dealkylation sites (tertiary alicyclic amines) is 1. The van der Waals surface area contributed by atoms with Crippen molar-refractivity contribution < 1.29 is 22.7 Å². The van der Waals surface area contributed by atoms with E-state index in [1.807, 2.05) is 25.1 Å². The number of rotatable bonds is 5. The largest absolute Gasteiger partial charge is 0.408 e. The van der Waals surface area contributed by atoms with E-state index in [1.54, 1.807) is 12.3 Å². The fourth-order valence-corrected chi connectivity index (χ4v) is 6.39. The minimum atomic E-state index is -4.44. The number of thiophene rings is 1. The number of carbonyl (C=O) groups excluding carboxylic acids is 1. The van der Waals surface area contributed by atoms with Crippen molar-refractivity contribution in [2.45, 2.75) is 51.1 Å². The number of hydrogen-bond acceptors (Lipinski definition) is 5. The van der Waals surface area contributed by atoms with E-state index in [-0.39, 0.29) is 25.5 Å². The van der Waals surface area contributed by atoms with Gasteiger partial charge in [-0.2, -0.15) is 13.2 Å². The zero-order valence-electron chi connectivity index (χ0n) is 19.1. The summed E-state index contributed by atoms with van der Waals surface area (Å²) >= 11 is 7.83. The van der Waals surface area contributed by atoms with Crippen LogP contribution in [0.25, 0.3) is 21.3 Å². The van der Waals surface area contributed by atoms with Crippen molar-refractivity contribution in [1.82, 2.24) is 15.2 Å². The first-order valence-electron chi connectivity index (χ1n) is 11.6. The average Bonchev–Trinajstić information content (AvgIpc) is 3.39. The van der Waals surface area contributed by atoms with Gasteiger partial charge >= 0.3 is 6.18 Å². The summed E-state index contributed by atoms with van der Waals surface area (Å²) in [6.07, 6.45) is -2.26. The highest BCUT2D eigenvalue weighted by molar-refractivity contribution is 7.19. The molecule has 2 aromatic heterocycles. The van der Waals surface area contributed by atoms with Gasteiger partial charge < -0.3 is 15.0 Å². The minimum Gasteiger partial charge on any atom is -0.375 e. The van der Waals surface area contributed by atoms with Gasteiger partial charge in [0.1, 0.15) is 6.04 Å². The third kappa shape index (κ3) is 5.05. The number of nitrogens with one attached hydrogen (secondary N) is 1. The molecular formula is C25H25ClF3N3O2S. The van der Waals surface area contributed by atoms with E-state index in [0.29, 0.717) is 28.4 Å². The molecule has 2 saturated heterocycles. The van der Waals surface area contributed by atoms with Crippen LogP contribution in [0.2, 0.25) is 5.02 Å². The molecule has 0 aliphatic carbocycles. The van der Waals surface area contributed by atoms with Crippen molar-refractivity contribution in [1.29, 1.82) is 0 Å². The third-order valence-electron chi connectivity index (χ3n) is 6.66. The van der Waals surface area contributed by atoms with E-state index >= 15 is 0 Å². The summed E-state index contributed by atoms with van der Waals surface area (Å²) in [4.78, 5) is 18.3. The molecule has 1 N–H and O–H groups in total. The number of nitrogens with zero attached hydrogens (tertiary/aromatic N) is 2. The maximum Gasteiger partial charge on any atom is 0.408 e. The van der Waals surface area contributed by atoms with Crippen molar-refractivity contribution in [2.75, 3.05) is 19.7 Å². The van der Waals surface area contributed by atoms with Crippen molar-refractivity contribution >= 4 is 39.1 Å². The molecule has 1 aromatic carbocycles. The predicted octanol–water partition coefficient (Wildman–Crippen LogP) is 5.51. The molecule has 2 aliphatic rings. The zero-order valence-corrected chi connectivity index (χ0v) is 20.7. The molecule has 1 amide bonds. The summed E-state index contributed by atoms with van der Waals surface area (Å²) in [5.74, 6) is -0.466. The summed E-state index contributed by atoms with van der Waals surface area (Å²) in [7, 11) is 0. The number of fused-ring (bicyclic) bond motifs is 1. The van der Waals surface area contributed by atoms with Gasteiger partial charge in [0, 0.05) is 47.6 Å². The highest BCUT2D eigenvalue weighted by Gasteiger charge is 2.48. The van der Waals surface area contributed by atoms with Crippen LogP contribution in [0, 0.1) is 6.92 Å². The molecule has 10 heteroatoms. The highest BCUT2D eigenvalue weighted by Crippen LogP contribution is 2.40. The number of aromatic nitrogens is 1. The van der Waals surface area contributed by atoms with Crippen molar-refractivity contribution in [3.05, 3.63) is 51.5 Å². The number of aryl methyl sites for hydroxylation is 1. The number of carbonyl (C=O) groups is 1. The monoisotopic (exact) mass is 523 g/mol. The predicted molar refractivity (Wildman–Crippen MR) is 131 cm³/mol. The lowest BCUT2D eigenvalue weighted by molar-refractivity contribution is -0.181. The Bertz CT molecular complexity index is 1260. The van der Waals surface area contributed by atoms with E-state index < -0.39 is 18.1 Å². The molecule has 35 heavy (non-hydrogen) atoms. The molecular weight excluding hydrogens is 499 g/mol. The van der Waals surface area contributed by atoms with Crippen molar-refractivity contribution in [3.63, 3.8) is 0 Å². The number of alkyl halides is 3. The van der Waals surface area contributed by atoms with Gasteiger partial charge in [0.2, 0.25) is 5.91 Å². The van der Waals surface area contributed by atoms with E-state index in [4.69, 9.17) is 16.3 Å². The Morgan fingerprint density at radius 2 is 2.11 bits per heavy atom. The second kappa shape index (κ2) is 9.69. The van der Waals surface area contributed by atoms with Gasteiger partial charge in [-0.3, -0.25) is 9.78 Å². The number of ether oxygens (including phenoxy) is 1. The molecule has 0 radical (unpaired) electrons. The average molecular weight is 524 g/mol. The van der Waals surface area contributed by atoms with Gasteiger partial charge in [-0.1, -0.05) is 11.6 Å². The standard InChI is InChI=1S/C25H25ClF3N3O2S/c1-14-8-15(26)9-20(19(14)10-16-12-30-6-7-34-16)18-4-5-31-21-11-17(35-24(18)21)13-32-22(25(27,28)29)2-3-23(32)33/h4-5,8-9,11,16,22,30H,2-3,6-7,10,12-13H2,1H3. The minimum absolute atomic E-state index is 0.0408. The van der Waals surface area contributed by atoms with E-state index in [0.717, 1.165) is 44.9 Å². The van der Waals surface area contributed by atoms with Gasteiger partial charge in [-0.05, 0) is 54.3 Å². The lowest BCUT2D eigenvalue weighted by atomic mass is 9.92. The molecule has 5 rings (SSSR count). The molecule has 2 aliphatic heterocycles.